The number of benzene rings is 2. The Morgan fingerprint density at radius 2 is 1.97 bits per heavy atom. The molecule has 0 spiro atoms. The van der Waals surface area contributed by atoms with E-state index in [-0.39, 0.29) is 12.0 Å². The van der Waals surface area contributed by atoms with Gasteiger partial charge in [0, 0.05) is 29.1 Å². The number of nitrogens with zero attached hydrogens (tertiary/aromatic N) is 2. The standard InChI is InChI=1S/C23H18ClN3O3/c24-17-7-6-15-8-9-27-21(19(15)12-17)16(10-18(13-25)30-23(26)29)11-20(22(27)28)14-4-2-1-3-5-14/h1-7,11-12,18H,8-10H2,(H2,26,29). The van der Waals surface area contributed by atoms with Gasteiger partial charge in [-0.1, -0.05) is 48.0 Å². The Bertz CT molecular complexity index is 1230. The predicted molar refractivity (Wildman–Crippen MR) is 114 cm³/mol. The lowest BCUT2D eigenvalue weighted by Crippen LogP contribution is -2.30. The third-order valence-electron chi connectivity index (χ3n) is 5.19. The van der Waals surface area contributed by atoms with Crippen LogP contribution in [0.15, 0.2) is 59.4 Å². The molecule has 0 saturated carbocycles. The predicted octanol–water partition coefficient (Wildman–Crippen LogP) is 3.92. The molecule has 0 saturated heterocycles. The first-order chi connectivity index (χ1) is 14.5. The van der Waals surface area contributed by atoms with Crippen molar-refractivity contribution >= 4 is 17.7 Å². The maximum absolute atomic E-state index is 13.4. The van der Waals surface area contributed by atoms with Gasteiger partial charge in [0.25, 0.3) is 5.56 Å². The first-order valence-electron chi connectivity index (χ1n) is 9.44. The Labute approximate surface area is 178 Å². The minimum absolute atomic E-state index is 0.0981. The van der Waals surface area contributed by atoms with Crippen LogP contribution in [0.3, 0.4) is 0 Å². The summed E-state index contributed by atoms with van der Waals surface area (Å²) >= 11 is 6.24. The maximum Gasteiger partial charge on any atom is 0.405 e. The number of fused-ring (bicyclic) bond motifs is 3. The van der Waals surface area contributed by atoms with Crippen molar-refractivity contribution < 1.29 is 9.53 Å². The van der Waals surface area contributed by atoms with Crippen LogP contribution in [-0.4, -0.2) is 16.8 Å². The molecule has 0 bridgehead atoms. The lowest BCUT2D eigenvalue weighted by atomic mass is 9.90. The third-order valence-corrected chi connectivity index (χ3v) is 5.43. The van der Waals surface area contributed by atoms with Crippen LogP contribution in [0.4, 0.5) is 4.79 Å². The van der Waals surface area contributed by atoms with Crippen molar-refractivity contribution in [2.75, 3.05) is 0 Å². The summed E-state index contributed by atoms with van der Waals surface area (Å²) in [5, 5.41) is 10.0. The Morgan fingerprint density at radius 1 is 1.20 bits per heavy atom. The number of aryl methyl sites for hydroxylation is 1. The fourth-order valence-electron chi connectivity index (χ4n) is 3.91. The molecule has 30 heavy (non-hydrogen) atoms. The van der Waals surface area contributed by atoms with Gasteiger partial charge in [-0.15, -0.1) is 0 Å². The monoisotopic (exact) mass is 419 g/mol. The van der Waals surface area contributed by atoms with Crippen LogP contribution in [0.1, 0.15) is 11.1 Å². The van der Waals surface area contributed by atoms with Gasteiger partial charge < -0.3 is 15.0 Å². The molecular formula is C23H18ClN3O3. The highest BCUT2D eigenvalue weighted by atomic mass is 35.5. The van der Waals surface area contributed by atoms with Gasteiger partial charge in [-0.3, -0.25) is 4.79 Å². The van der Waals surface area contributed by atoms with Crippen molar-refractivity contribution in [1.29, 1.82) is 5.26 Å². The number of aromatic nitrogens is 1. The van der Waals surface area contributed by atoms with E-state index in [1.165, 1.54) is 0 Å². The molecule has 3 aromatic rings. The van der Waals surface area contributed by atoms with E-state index in [1.807, 2.05) is 54.6 Å². The number of pyridine rings is 1. The van der Waals surface area contributed by atoms with E-state index in [2.05, 4.69) is 0 Å². The van der Waals surface area contributed by atoms with Crippen LogP contribution < -0.4 is 11.3 Å². The molecule has 150 valence electrons. The van der Waals surface area contributed by atoms with Gasteiger partial charge in [-0.05, 0) is 41.3 Å². The number of rotatable bonds is 4. The first kappa shape index (κ1) is 19.7. The van der Waals surface area contributed by atoms with Crippen molar-refractivity contribution in [2.45, 2.75) is 25.5 Å². The molecule has 6 nitrogen and oxygen atoms in total. The second-order valence-electron chi connectivity index (χ2n) is 7.06. The smallest absolute Gasteiger partial charge is 0.405 e. The Morgan fingerprint density at radius 3 is 2.67 bits per heavy atom. The molecule has 2 aromatic carbocycles. The lowest BCUT2D eigenvalue weighted by molar-refractivity contribution is 0.132. The van der Waals surface area contributed by atoms with Crippen molar-refractivity contribution in [2.24, 2.45) is 5.73 Å². The fraction of sp³-hybridized carbons (Fsp3) is 0.174. The average molecular weight is 420 g/mol. The van der Waals surface area contributed by atoms with Crippen LogP contribution in [0, 0.1) is 11.3 Å². The molecule has 0 radical (unpaired) electrons. The number of halogens is 1. The topological polar surface area (TPSA) is 98.1 Å². The molecular weight excluding hydrogens is 402 g/mol. The van der Waals surface area contributed by atoms with E-state index in [9.17, 15) is 14.9 Å². The van der Waals surface area contributed by atoms with Crippen LogP contribution in [0.2, 0.25) is 5.02 Å². The third kappa shape index (κ3) is 3.68. The van der Waals surface area contributed by atoms with E-state index >= 15 is 0 Å². The Balaban J connectivity index is 1.96. The van der Waals surface area contributed by atoms with Crippen LogP contribution >= 0.6 is 11.6 Å². The number of ether oxygens (including phenoxy) is 1. The lowest BCUT2D eigenvalue weighted by Gasteiger charge is -2.26. The molecule has 4 rings (SSSR count). The van der Waals surface area contributed by atoms with Gasteiger partial charge in [0.2, 0.25) is 0 Å². The molecule has 0 fully saturated rings. The zero-order chi connectivity index (χ0) is 21.3. The van der Waals surface area contributed by atoms with Gasteiger partial charge in [0.05, 0.1) is 5.69 Å². The molecule has 1 unspecified atom stereocenters. The van der Waals surface area contributed by atoms with Gasteiger partial charge in [-0.25, -0.2) is 4.79 Å². The molecule has 2 heterocycles. The molecule has 1 aromatic heterocycles. The second-order valence-corrected chi connectivity index (χ2v) is 7.50. The van der Waals surface area contributed by atoms with Crippen LogP contribution in [-0.2, 0) is 24.1 Å². The first-order valence-corrected chi connectivity index (χ1v) is 9.82. The summed E-state index contributed by atoms with van der Waals surface area (Å²) in [6.45, 7) is 0.504. The second kappa shape index (κ2) is 8.05. The number of hydrogen-bond acceptors (Lipinski definition) is 4. The zero-order valence-corrected chi connectivity index (χ0v) is 16.7. The van der Waals surface area contributed by atoms with Crippen LogP contribution in [0.5, 0.6) is 0 Å². The minimum atomic E-state index is -1.07. The number of amides is 1. The van der Waals surface area contributed by atoms with Crippen molar-refractivity contribution in [3.63, 3.8) is 0 Å². The molecule has 1 atom stereocenters. The quantitative estimate of drug-likeness (QED) is 0.692. The molecule has 1 aliphatic heterocycles. The van der Waals surface area contributed by atoms with E-state index in [0.29, 0.717) is 34.8 Å². The fourth-order valence-corrected chi connectivity index (χ4v) is 4.08. The summed E-state index contributed by atoms with van der Waals surface area (Å²) in [6, 6.07) is 18.7. The molecule has 1 amide bonds. The highest BCUT2D eigenvalue weighted by Gasteiger charge is 2.25. The summed E-state index contributed by atoms with van der Waals surface area (Å²) in [4.78, 5) is 24.6. The van der Waals surface area contributed by atoms with Crippen molar-refractivity contribution in [3.8, 4) is 28.5 Å². The minimum Gasteiger partial charge on any atom is -0.431 e. The Kier molecular flexibility index (Phi) is 5.30. The highest BCUT2D eigenvalue weighted by Crippen LogP contribution is 2.35. The van der Waals surface area contributed by atoms with E-state index in [1.54, 1.807) is 10.6 Å². The van der Waals surface area contributed by atoms with Gasteiger partial charge in [0.15, 0.2) is 6.10 Å². The largest absolute Gasteiger partial charge is 0.431 e. The number of nitriles is 1. The summed E-state index contributed by atoms with van der Waals surface area (Å²) in [5.74, 6) is 0. The van der Waals surface area contributed by atoms with E-state index in [0.717, 1.165) is 16.7 Å². The van der Waals surface area contributed by atoms with Crippen LogP contribution in [0.25, 0.3) is 22.4 Å². The molecule has 7 heteroatoms. The number of primary amides is 1. The highest BCUT2D eigenvalue weighted by molar-refractivity contribution is 6.30. The number of hydrogen-bond donors (Lipinski definition) is 1. The maximum atomic E-state index is 13.4. The number of nitrogens with two attached hydrogens (primary N) is 1. The molecule has 0 aliphatic carbocycles. The van der Waals surface area contributed by atoms with Gasteiger partial charge in [-0.2, -0.15) is 5.26 Å². The average Bonchev–Trinajstić information content (AvgIpc) is 2.74. The van der Waals surface area contributed by atoms with E-state index < -0.39 is 12.2 Å². The summed E-state index contributed by atoms with van der Waals surface area (Å²) in [7, 11) is 0. The summed E-state index contributed by atoms with van der Waals surface area (Å²) in [5.41, 5.74) is 9.62. The van der Waals surface area contributed by atoms with Crippen molar-refractivity contribution in [3.05, 3.63) is 81.1 Å². The summed E-state index contributed by atoms with van der Waals surface area (Å²) in [6.07, 6.45) is -1.30. The normalized spacial score (nSPS) is 12.9. The van der Waals surface area contributed by atoms with Crippen molar-refractivity contribution in [1.82, 2.24) is 4.57 Å². The SMILES string of the molecule is N#CC(Cc1cc(-c2ccccc2)c(=O)n2c1-c1cc(Cl)ccc1CC2)OC(N)=O. The van der Waals surface area contributed by atoms with Gasteiger partial charge in [0.1, 0.15) is 6.07 Å². The van der Waals surface area contributed by atoms with Gasteiger partial charge >= 0.3 is 6.09 Å². The number of carbonyl (C=O) groups is 1. The summed E-state index contributed by atoms with van der Waals surface area (Å²) < 4.78 is 6.66. The number of carbonyl (C=O) groups excluding carboxylic acids is 1. The Hall–Kier alpha value is -3.56. The van der Waals surface area contributed by atoms with E-state index in [4.69, 9.17) is 22.1 Å². The zero-order valence-electron chi connectivity index (χ0n) is 16.0. The molecule has 1 aliphatic rings. The molecule has 2 N–H and O–H groups in total.